The summed E-state index contributed by atoms with van der Waals surface area (Å²) in [4.78, 5) is 8.85. The molecule has 0 atom stereocenters. The molecule has 4 N–H and O–H groups in total. The molecule has 8 rings (SSSR count). The first-order valence-electron chi connectivity index (χ1n) is 21.7. The first-order chi connectivity index (χ1) is 35.2. The number of nitrogens with one attached hydrogen (secondary N) is 4. The van der Waals surface area contributed by atoms with E-state index in [1.165, 1.54) is 0 Å². The molecule has 0 saturated carbocycles. The molecule has 8 aromatic rings. The van der Waals surface area contributed by atoms with Crippen molar-refractivity contribution < 1.29 is 71.4 Å². The number of benzene rings is 8. The standard InChI is InChI=1S/2C14H14N2S.2C12H11NS.2F6P.Pt/c2*1-12(15)16-17(13-8-4-2-5-9-13)14-10-6-3-7-11-14;2*13-14(11-7-3-1-4-8-11)12-9-5-2-6-10-12;2*1-7(2,3,4,5)6;/h2*2-11,15H,1H3;2*1-10,13H;;;/q;;;;2*-1;+2. The molecule has 0 saturated heterocycles. The second-order valence-corrected chi connectivity index (χ2v) is 25.3. The molecule has 0 unspecified atom stereocenters. The molecule has 0 fully saturated rings. The Morgan fingerprint density at radius 1 is 0.286 bits per heavy atom. The van der Waals surface area contributed by atoms with Gasteiger partial charge < -0.3 is 0 Å². The molecule has 6 nitrogen and oxygen atoms in total. The van der Waals surface area contributed by atoms with Crippen LogP contribution < -0.4 is 0 Å². The van der Waals surface area contributed by atoms with Crippen molar-refractivity contribution in [1.82, 2.24) is 0 Å². The van der Waals surface area contributed by atoms with Crippen LogP contribution in [0.5, 0.6) is 0 Å². The average Bonchev–Trinajstić information content (AvgIpc) is 3.37. The Bertz CT molecular complexity index is 2780. The van der Waals surface area contributed by atoms with E-state index in [0.717, 1.165) is 39.2 Å². The van der Waals surface area contributed by atoms with Crippen LogP contribution in [0.4, 0.5) is 50.4 Å². The number of hydrogen-bond acceptors (Lipinski definition) is 4. The number of amidine groups is 2. The van der Waals surface area contributed by atoms with E-state index >= 15 is 0 Å². The number of hydrogen-bond donors (Lipinski definition) is 4. The Labute approximate surface area is 463 Å². The van der Waals surface area contributed by atoms with Crippen molar-refractivity contribution in [3.63, 3.8) is 0 Å². The maximum atomic E-state index is 9.87. The van der Waals surface area contributed by atoms with E-state index in [1.54, 1.807) is 13.8 Å². The monoisotopic (exact) mass is 1370 g/mol. The van der Waals surface area contributed by atoms with Gasteiger partial charge >= 0.3 is 87.0 Å². The van der Waals surface area contributed by atoms with Gasteiger partial charge in [-0.25, -0.2) is 8.73 Å². The third-order valence-electron chi connectivity index (χ3n) is 8.24. The zero-order chi connectivity index (χ0) is 56.6. The smallest absolute Gasteiger partial charge is 0.271 e. The summed E-state index contributed by atoms with van der Waals surface area (Å²) in [6, 6.07) is 80.3. The number of nitrogens with zero attached hydrogens (tertiary/aromatic N) is 2. The molecule has 0 aliphatic carbocycles. The van der Waals surface area contributed by atoms with Gasteiger partial charge in [0.15, 0.2) is 0 Å². The van der Waals surface area contributed by atoms with E-state index in [-0.39, 0.29) is 42.4 Å². The van der Waals surface area contributed by atoms with E-state index in [2.05, 4.69) is 57.3 Å². The molecule has 0 aromatic heterocycles. The molecular formula is C52H50F12N6P2PtS4. The summed E-state index contributed by atoms with van der Waals surface area (Å²) in [5, 5.41) is 15.1. The van der Waals surface area contributed by atoms with Crippen LogP contribution in [0.15, 0.2) is 291 Å². The SMILES string of the molecule is CC(=N)N=S(c1ccccc1)c1ccccc1.CC(=N)N=S(c1ccccc1)c1ccccc1.F[P-](F)(F)(F)(F)F.F[P-](F)(F)(F)(F)F.N=S(c1ccccc1)c1ccccc1.N=S(c1ccccc1)c1ccccc1.[Pt+2]. The van der Waals surface area contributed by atoms with Gasteiger partial charge in [0.05, 0.1) is 0 Å². The van der Waals surface area contributed by atoms with Gasteiger partial charge in [-0.05, 0) is 154 Å². The Hall–Kier alpha value is -5.59. The van der Waals surface area contributed by atoms with Crippen molar-refractivity contribution in [2.24, 2.45) is 8.73 Å². The summed E-state index contributed by atoms with van der Waals surface area (Å²) >= 11 is 0. The third kappa shape index (κ3) is 34.0. The van der Waals surface area contributed by atoms with Gasteiger partial charge in [-0.3, -0.25) is 20.4 Å². The van der Waals surface area contributed by atoms with Gasteiger partial charge in [0.2, 0.25) is 0 Å². The maximum absolute atomic E-state index is 10.7. The van der Waals surface area contributed by atoms with E-state index in [1.807, 2.05) is 194 Å². The third-order valence-corrected chi connectivity index (χ3v) is 15.0. The van der Waals surface area contributed by atoms with Crippen molar-refractivity contribution >= 4 is 70.1 Å². The van der Waals surface area contributed by atoms with Crippen LogP contribution in [0.2, 0.25) is 0 Å². The summed E-state index contributed by atoms with van der Waals surface area (Å²) < 4.78 is 143. The van der Waals surface area contributed by atoms with Gasteiger partial charge in [0, 0.05) is 39.2 Å². The van der Waals surface area contributed by atoms with E-state index < -0.39 is 37.0 Å². The maximum Gasteiger partial charge on any atom is 2.00 e. The van der Waals surface area contributed by atoms with Gasteiger partial charge in [-0.15, -0.1) is 0 Å². The minimum atomic E-state index is -10.7. The molecule has 0 heterocycles. The molecular weight excluding hydrogens is 1320 g/mol. The fraction of sp³-hybridized carbons (Fsp3) is 0.0385. The minimum Gasteiger partial charge on any atom is -0.271 e. The van der Waals surface area contributed by atoms with Crippen LogP contribution in [0.3, 0.4) is 0 Å². The Kier molecular flexibility index (Phi) is 25.3. The van der Waals surface area contributed by atoms with Gasteiger partial charge in [-0.2, -0.15) is 0 Å². The van der Waals surface area contributed by atoms with Gasteiger partial charge in [0.25, 0.3) is 0 Å². The fourth-order valence-electron chi connectivity index (χ4n) is 5.45. The van der Waals surface area contributed by atoms with E-state index in [0.29, 0.717) is 11.7 Å². The molecule has 0 aliphatic heterocycles. The summed E-state index contributed by atoms with van der Waals surface area (Å²) in [6.07, 6.45) is 0. The molecule has 77 heavy (non-hydrogen) atoms. The fourth-order valence-corrected chi connectivity index (χ4v) is 10.9. The van der Waals surface area contributed by atoms with Gasteiger partial charge in [0.1, 0.15) is 11.7 Å². The van der Waals surface area contributed by atoms with Crippen molar-refractivity contribution in [3.8, 4) is 0 Å². The zero-order valence-electron chi connectivity index (χ0n) is 40.4. The van der Waals surface area contributed by atoms with Crippen LogP contribution >= 0.6 is 15.6 Å². The van der Waals surface area contributed by atoms with Crippen molar-refractivity contribution in [1.29, 1.82) is 20.4 Å². The summed E-state index contributed by atoms with van der Waals surface area (Å²) in [7, 11) is -23.2. The van der Waals surface area contributed by atoms with Crippen LogP contribution in [-0.4, -0.2) is 11.7 Å². The van der Waals surface area contributed by atoms with Crippen LogP contribution in [-0.2, 0) is 63.8 Å². The normalized spacial score (nSPS) is 12.5. The molecule has 25 heteroatoms. The molecule has 0 aliphatic rings. The first-order valence-corrected chi connectivity index (χ1v) is 30.5. The predicted molar refractivity (Wildman–Crippen MR) is 291 cm³/mol. The Morgan fingerprint density at radius 2 is 0.403 bits per heavy atom. The molecule has 0 radical (unpaired) electrons. The van der Waals surface area contributed by atoms with Gasteiger partial charge in [-0.1, -0.05) is 146 Å². The van der Waals surface area contributed by atoms with Crippen LogP contribution in [0.25, 0.3) is 0 Å². The zero-order valence-corrected chi connectivity index (χ0v) is 47.7. The van der Waals surface area contributed by atoms with Crippen LogP contribution in [0.1, 0.15) is 13.8 Å². The van der Waals surface area contributed by atoms with E-state index in [9.17, 15) is 50.4 Å². The summed E-state index contributed by atoms with van der Waals surface area (Å²) in [5.41, 5.74) is 0. The molecule has 0 bridgehead atoms. The minimum absolute atomic E-state index is 0. The Morgan fingerprint density at radius 3 is 0.519 bits per heavy atom. The first kappa shape index (κ1) is 67.5. The Balaban J connectivity index is 0.000000324. The quantitative estimate of drug-likeness (QED) is 0.0502. The second kappa shape index (κ2) is 28.9. The molecule has 0 amide bonds. The molecule has 8 aromatic carbocycles. The second-order valence-electron chi connectivity index (χ2n) is 15.0. The average molecular weight is 1370 g/mol. The summed E-state index contributed by atoms with van der Waals surface area (Å²) in [5.74, 6) is 0.724. The number of rotatable bonds is 8. The van der Waals surface area contributed by atoms with E-state index in [4.69, 9.17) is 20.4 Å². The molecule has 416 valence electrons. The summed E-state index contributed by atoms with van der Waals surface area (Å²) in [6.45, 7) is 3.43. The van der Waals surface area contributed by atoms with Crippen molar-refractivity contribution in [2.45, 2.75) is 53.0 Å². The topological polar surface area (TPSA) is 120 Å². The van der Waals surface area contributed by atoms with Crippen LogP contribution in [0, 0.1) is 20.4 Å². The van der Waals surface area contributed by atoms with Crippen molar-refractivity contribution in [3.05, 3.63) is 243 Å². The van der Waals surface area contributed by atoms with Crippen molar-refractivity contribution in [2.75, 3.05) is 0 Å². The largest absolute Gasteiger partial charge is 2.00 e. The predicted octanol–water partition coefficient (Wildman–Crippen LogP) is 21.5. The molecule has 0 spiro atoms. The number of halogens is 12.